The molecule has 1 rings (SSSR count). The van der Waals surface area contributed by atoms with Gasteiger partial charge in [0.1, 0.15) is 0 Å². The minimum Gasteiger partial charge on any atom is -0.493 e. The number of methoxy groups -OCH3 is 1. The lowest BCUT2D eigenvalue weighted by Crippen LogP contribution is -2.39. The lowest BCUT2D eigenvalue weighted by atomic mass is 10.2. The van der Waals surface area contributed by atoms with Crippen molar-refractivity contribution in [2.45, 2.75) is 52.5 Å². The molecule has 1 aromatic rings. The number of carbonyl (C=O) groups is 2. The third kappa shape index (κ3) is 9.55. The second-order valence-electron chi connectivity index (χ2n) is 6.14. The number of unbranched alkanes of at least 4 members (excludes halogenated alkanes) is 1. The van der Waals surface area contributed by atoms with Gasteiger partial charge in [0, 0.05) is 13.0 Å². The molecule has 156 valence electrons. The quantitative estimate of drug-likeness (QED) is 0.311. The fourth-order valence-electron chi connectivity index (χ4n) is 2.19. The zero-order valence-corrected chi connectivity index (χ0v) is 17.7. The van der Waals surface area contributed by atoms with E-state index in [2.05, 4.69) is 17.6 Å². The van der Waals surface area contributed by atoms with E-state index in [1.165, 1.54) is 0 Å². The molecule has 0 atom stereocenters. The summed E-state index contributed by atoms with van der Waals surface area (Å²) < 4.78 is 16.0. The second-order valence-corrected chi connectivity index (χ2v) is 6.55. The number of ether oxygens (including phenoxy) is 3. The summed E-state index contributed by atoms with van der Waals surface area (Å²) in [6, 6.07) is 5.63. The van der Waals surface area contributed by atoms with Gasteiger partial charge in [-0.25, -0.2) is 0 Å². The number of nitrogens with one attached hydrogen (secondary N) is 2. The van der Waals surface area contributed by atoms with E-state index in [1.807, 2.05) is 25.1 Å². The Morgan fingerprint density at radius 3 is 2.54 bits per heavy atom. The fraction of sp³-hybridized carbons (Fsp3) is 0.550. The molecule has 28 heavy (non-hydrogen) atoms. The van der Waals surface area contributed by atoms with Crippen molar-refractivity contribution in [2.24, 2.45) is 0 Å². The Morgan fingerprint density at radius 1 is 1.07 bits per heavy atom. The topological polar surface area (TPSA) is 85.9 Å². The summed E-state index contributed by atoms with van der Waals surface area (Å²) >= 11 is 5.12. The molecule has 1 aromatic carbocycles. The zero-order valence-electron chi connectivity index (χ0n) is 16.8. The van der Waals surface area contributed by atoms with Crippen LogP contribution in [0.15, 0.2) is 18.2 Å². The Hall–Kier alpha value is -2.35. The molecule has 0 heterocycles. The molecular weight excluding hydrogens is 380 g/mol. The molecule has 8 heteroatoms. The Morgan fingerprint density at radius 2 is 1.86 bits per heavy atom. The predicted molar refractivity (Wildman–Crippen MR) is 111 cm³/mol. The van der Waals surface area contributed by atoms with Crippen molar-refractivity contribution in [3.8, 4) is 11.5 Å². The number of esters is 1. The van der Waals surface area contributed by atoms with E-state index in [0.29, 0.717) is 31.3 Å². The average molecular weight is 411 g/mol. The highest BCUT2D eigenvalue weighted by molar-refractivity contribution is 7.80. The standard InChI is InChI=1S/C20H30N2O5S/c1-4-6-12-26-16-8-7-15(13-17(16)25-3)14-21-20(28)22-18(23)9-10-19(24)27-11-5-2/h7-8,13H,4-6,9-12,14H2,1-3H3,(H2,21,22,23,28). The smallest absolute Gasteiger partial charge is 0.306 e. The van der Waals surface area contributed by atoms with E-state index in [1.54, 1.807) is 7.11 Å². The van der Waals surface area contributed by atoms with Gasteiger partial charge in [-0.1, -0.05) is 26.3 Å². The van der Waals surface area contributed by atoms with Crippen LogP contribution in [0.2, 0.25) is 0 Å². The average Bonchev–Trinajstić information content (AvgIpc) is 2.69. The van der Waals surface area contributed by atoms with E-state index in [4.69, 9.17) is 26.4 Å². The highest BCUT2D eigenvalue weighted by Crippen LogP contribution is 2.28. The molecule has 0 saturated heterocycles. The van der Waals surface area contributed by atoms with E-state index in [-0.39, 0.29) is 29.8 Å². The number of carbonyl (C=O) groups excluding carboxylic acids is 2. The number of amides is 1. The minimum absolute atomic E-state index is 0.0297. The Labute approximate surface area is 172 Å². The largest absolute Gasteiger partial charge is 0.493 e. The molecule has 7 nitrogen and oxygen atoms in total. The van der Waals surface area contributed by atoms with Crippen LogP contribution in [0.3, 0.4) is 0 Å². The van der Waals surface area contributed by atoms with Crippen molar-refractivity contribution in [1.82, 2.24) is 10.6 Å². The van der Waals surface area contributed by atoms with E-state index >= 15 is 0 Å². The lowest BCUT2D eigenvalue weighted by molar-refractivity contribution is -0.144. The van der Waals surface area contributed by atoms with Gasteiger partial charge in [-0.2, -0.15) is 0 Å². The lowest BCUT2D eigenvalue weighted by Gasteiger charge is -2.13. The SMILES string of the molecule is CCCCOc1ccc(CNC(=S)NC(=O)CCC(=O)OCCC)cc1OC. The molecular formula is C20H30N2O5S. The summed E-state index contributed by atoms with van der Waals surface area (Å²) in [4.78, 5) is 23.2. The van der Waals surface area contributed by atoms with Gasteiger partial charge in [0.25, 0.3) is 0 Å². The molecule has 2 N–H and O–H groups in total. The van der Waals surface area contributed by atoms with E-state index < -0.39 is 0 Å². The van der Waals surface area contributed by atoms with Crippen LogP contribution in [-0.2, 0) is 20.9 Å². The zero-order chi connectivity index (χ0) is 20.8. The van der Waals surface area contributed by atoms with Crippen LogP contribution in [0.5, 0.6) is 11.5 Å². The summed E-state index contributed by atoms with van der Waals surface area (Å²) in [7, 11) is 1.59. The van der Waals surface area contributed by atoms with Crippen LogP contribution in [0.25, 0.3) is 0 Å². The number of thiocarbonyl (C=S) groups is 1. The fourth-order valence-corrected chi connectivity index (χ4v) is 2.37. The van der Waals surface area contributed by atoms with Crippen LogP contribution in [0, 0.1) is 0 Å². The maximum Gasteiger partial charge on any atom is 0.306 e. The van der Waals surface area contributed by atoms with E-state index in [0.717, 1.165) is 24.8 Å². The van der Waals surface area contributed by atoms with Crippen LogP contribution >= 0.6 is 12.2 Å². The minimum atomic E-state index is -0.385. The van der Waals surface area contributed by atoms with Gasteiger partial charge in [0.2, 0.25) is 5.91 Å². The molecule has 0 bridgehead atoms. The van der Waals surface area contributed by atoms with Crippen molar-refractivity contribution < 1.29 is 23.8 Å². The third-order valence-corrected chi connectivity index (χ3v) is 3.96. The predicted octanol–water partition coefficient (Wildman–Crippen LogP) is 3.10. The van der Waals surface area contributed by atoms with Crippen LogP contribution in [0.4, 0.5) is 0 Å². The number of rotatable bonds is 12. The summed E-state index contributed by atoms with van der Waals surface area (Å²) in [5, 5.41) is 5.72. The first-order valence-corrected chi connectivity index (χ1v) is 9.94. The monoisotopic (exact) mass is 410 g/mol. The molecule has 0 saturated carbocycles. The molecule has 0 aromatic heterocycles. The summed E-state index contributed by atoms with van der Waals surface area (Å²) in [6.45, 7) is 5.45. The van der Waals surface area contributed by atoms with Gasteiger partial charge in [-0.05, 0) is 42.8 Å². The molecule has 0 aliphatic heterocycles. The highest BCUT2D eigenvalue weighted by Gasteiger charge is 2.10. The summed E-state index contributed by atoms with van der Waals surface area (Å²) in [5.74, 6) is 0.633. The van der Waals surface area contributed by atoms with E-state index in [9.17, 15) is 9.59 Å². The van der Waals surface area contributed by atoms with Crippen molar-refractivity contribution in [2.75, 3.05) is 20.3 Å². The van der Waals surface area contributed by atoms with Gasteiger partial charge in [-0.15, -0.1) is 0 Å². The normalized spacial score (nSPS) is 10.1. The van der Waals surface area contributed by atoms with Crippen molar-refractivity contribution in [1.29, 1.82) is 0 Å². The van der Waals surface area contributed by atoms with Crippen molar-refractivity contribution in [3.05, 3.63) is 23.8 Å². The second kappa shape index (κ2) is 13.8. The number of benzene rings is 1. The number of hydrogen-bond donors (Lipinski definition) is 2. The van der Waals surface area contributed by atoms with Gasteiger partial charge in [0.15, 0.2) is 16.6 Å². The summed E-state index contributed by atoms with van der Waals surface area (Å²) in [5.41, 5.74) is 0.930. The first-order chi connectivity index (χ1) is 13.5. The molecule has 0 aliphatic rings. The Kier molecular flexibility index (Phi) is 11.6. The van der Waals surface area contributed by atoms with Gasteiger partial charge in [-0.3, -0.25) is 9.59 Å². The van der Waals surface area contributed by atoms with Gasteiger partial charge >= 0.3 is 5.97 Å². The molecule has 0 spiro atoms. The molecule has 1 amide bonds. The van der Waals surface area contributed by atoms with Crippen LogP contribution in [0.1, 0.15) is 51.5 Å². The third-order valence-electron chi connectivity index (χ3n) is 3.71. The van der Waals surface area contributed by atoms with Crippen molar-refractivity contribution >= 4 is 29.2 Å². The summed E-state index contributed by atoms with van der Waals surface area (Å²) in [6.07, 6.45) is 2.86. The first kappa shape index (κ1) is 23.7. The first-order valence-electron chi connectivity index (χ1n) is 9.53. The molecule has 0 unspecified atom stereocenters. The molecule has 0 radical (unpaired) electrons. The van der Waals surface area contributed by atoms with Gasteiger partial charge < -0.3 is 24.8 Å². The Balaban J connectivity index is 2.41. The number of hydrogen-bond acceptors (Lipinski definition) is 6. The Bertz CT molecular complexity index is 651. The van der Waals surface area contributed by atoms with Crippen LogP contribution in [-0.4, -0.2) is 37.3 Å². The molecule has 0 fully saturated rings. The van der Waals surface area contributed by atoms with Crippen molar-refractivity contribution in [3.63, 3.8) is 0 Å². The highest BCUT2D eigenvalue weighted by atomic mass is 32.1. The van der Waals surface area contributed by atoms with Crippen LogP contribution < -0.4 is 20.1 Å². The molecule has 0 aliphatic carbocycles. The maximum atomic E-state index is 11.8. The van der Waals surface area contributed by atoms with Gasteiger partial charge in [0.05, 0.1) is 26.7 Å². The maximum absolute atomic E-state index is 11.8.